The molecule has 1 aromatic carbocycles. The van der Waals surface area contributed by atoms with Gasteiger partial charge in [-0.15, -0.1) is 0 Å². The monoisotopic (exact) mass is 941 g/mol. The van der Waals surface area contributed by atoms with Gasteiger partial charge in [-0.25, -0.2) is 0 Å². The quantitative estimate of drug-likeness (QED) is 0.0660. The number of amides is 9. The zero-order chi connectivity index (χ0) is 48.4. The van der Waals surface area contributed by atoms with Crippen molar-refractivity contribution in [3.8, 4) is 5.75 Å². The first-order chi connectivity index (χ1) is 29.6. The van der Waals surface area contributed by atoms with Crippen molar-refractivity contribution in [2.75, 3.05) is 19.6 Å². The van der Waals surface area contributed by atoms with Crippen molar-refractivity contribution in [3.05, 3.63) is 33.9 Å². The average molecular weight is 942 g/mol. The lowest BCUT2D eigenvalue weighted by Gasteiger charge is -2.37. The van der Waals surface area contributed by atoms with Gasteiger partial charge in [-0.05, 0) is 39.3 Å². The zero-order valence-corrected chi connectivity index (χ0v) is 36.5. The molecule has 0 aromatic heterocycles. The molecule has 15 N–H and O–H groups in total. The van der Waals surface area contributed by atoms with Gasteiger partial charge in [0.2, 0.25) is 53.2 Å². The number of hydrogen-bond acceptors (Lipinski definition) is 17. The summed E-state index contributed by atoms with van der Waals surface area (Å²) in [5.41, 5.74) is 16.6. The molecular weight excluding hydrogens is 891 g/mol. The molecule has 28 heteroatoms. The van der Waals surface area contributed by atoms with Gasteiger partial charge in [0.15, 0.2) is 5.75 Å². The Bertz CT molecular complexity index is 2060. The molecule has 2 aliphatic heterocycles. The van der Waals surface area contributed by atoms with E-state index in [-0.39, 0.29) is 12.0 Å². The van der Waals surface area contributed by atoms with Gasteiger partial charge in [-0.3, -0.25) is 58.1 Å². The molecule has 0 saturated carbocycles. The Kier molecular flexibility index (Phi) is 17.8. The summed E-state index contributed by atoms with van der Waals surface area (Å²) < 4.78 is -2.61. The molecule has 26 nitrogen and oxygen atoms in total. The highest BCUT2D eigenvalue weighted by Gasteiger charge is 2.44. The van der Waals surface area contributed by atoms with Gasteiger partial charge in [0.25, 0.3) is 0 Å². The Morgan fingerprint density at radius 2 is 1.41 bits per heavy atom. The Morgan fingerprint density at radius 1 is 0.828 bits per heavy atom. The topological polar surface area (TPSA) is 428 Å². The van der Waals surface area contributed by atoms with Crippen molar-refractivity contribution >= 4 is 86.4 Å². The number of aliphatic hydroxyl groups is 1. The molecule has 0 aliphatic carbocycles. The van der Waals surface area contributed by atoms with Crippen molar-refractivity contribution in [3.63, 3.8) is 0 Å². The number of phenols is 1. The number of aliphatic carboxylic acids is 1. The van der Waals surface area contributed by atoms with Crippen LogP contribution in [-0.2, 0) is 54.4 Å². The van der Waals surface area contributed by atoms with Crippen LogP contribution in [0.5, 0.6) is 5.75 Å². The minimum absolute atomic E-state index is 0.0275. The molecule has 1 aromatic rings. The molecule has 3 rings (SSSR count). The number of nitro groups is 1. The summed E-state index contributed by atoms with van der Waals surface area (Å²) in [5, 5.41) is 55.1. The van der Waals surface area contributed by atoms with Gasteiger partial charge in [-0.2, -0.15) is 0 Å². The highest BCUT2D eigenvalue weighted by molar-refractivity contribution is 8.77. The minimum Gasteiger partial charge on any atom is -0.502 e. The number of hydrogen-bond donors (Lipinski definition) is 12. The standard InChI is InChI=1S/C36H51N11O15S2/c1-35(2)27(38)34(60)44-19(11-26(53)54)31(57)40-12-24(51)42-17(7-15-5-6-22(49)20(8-15)47(61)62)30(56)41-13-25(52)46-14-16(48)9-21(46)33(59)43-18(10-23(37)50)32(58)45-28(29(39)55)36(3,4)64-63-35/h5-6,8,16-19,21,27-28,48-49H,7,9-14,38H2,1-4H3,(H2,37,50)(H2,39,55)(H,40,57)(H,41,56)(H,42,51)(H,43,59)(H,44,60)(H,45,58)(H,53,54)/t16-,17+,18+,19-,21+,27+,28+/m1/s1. The van der Waals surface area contributed by atoms with Gasteiger partial charge < -0.3 is 69.3 Å². The third kappa shape index (κ3) is 14.4. The number of carbonyl (C=O) groups is 10. The number of nitro benzene ring substituents is 1. The average Bonchev–Trinajstić information content (AvgIpc) is 3.60. The third-order valence-electron chi connectivity index (χ3n) is 9.89. The molecule has 2 saturated heterocycles. The van der Waals surface area contributed by atoms with Gasteiger partial charge in [0, 0.05) is 34.9 Å². The lowest BCUT2D eigenvalue weighted by molar-refractivity contribution is -0.385. The van der Waals surface area contributed by atoms with E-state index in [1.807, 2.05) is 0 Å². The molecule has 7 atom stereocenters. The summed E-state index contributed by atoms with van der Waals surface area (Å²) in [6.07, 6.45) is -3.94. The Morgan fingerprint density at radius 3 is 2.00 bits per heavy atom. The van der Waals surface area contributed by atoms with Crippen LogP contribution in [0.4, 0.5) is 5.69 Å². The van der Waals surface area contributed by atoms with Crippen LogP contribution in [0.3, 0.4) is 0 Å². The van der Waals surface area contributed by atoms with Crippen LogP contribution in [0.2, 0.25) is 0 Å². The second kappa shape index (κ2) is 21.9. The van der Waals surface area contributed by atoms with E-state index in [0.717, 1.165) is 38.6 Å². The van der Waals surface area contributed by atoms with Crippen molar-refractivity contribution in [2.45, 2.75) is 105 Å². The number of nitrogens with one attached hydrogen (secondary N) is 6. The van der Waals surface area contributed by atoms with Crippen molar-refractivity contribution in [2.24, 2.45) is 17.2 Å². The van der Waals surface area contributed by atoms with Crippen LogP contribution in [0.15, 0.2) is 18.2 Å². The van der Waals surface area contributed by atoms with E-state index in [1.54, 1.807) is 0 Å². The number of carboxylic acid groups (broad SMARTS) is 1. The summed E-state index contributed by atoms with van der Waals surface area (Å²) in [5.74, 6) is -11.8. The SMILES string of the molecule is CC1(C)SSC(C)(C)[C@H](C(N)=O)NC(=O)[C@H](CC(N)=O)NC(=O)[C@@H]2C[C@@H](O)CN2C(=O)CNC(=O)[C@H](Cc2ccc(O)c([N+](=O)[O-])c2)NC(=O)CNC(=O)[C@@H](CC(=O)O)NC(=O)[C@@H]1N. The molecular formula is C36H51N11O15S2. The number of primary amides is 2. The van der Waals surface area contributed by atoms with Crippen molar-refractivity contribution < 1.29 is 68.2 Å². The van der Waals surface area contributed by atoms with E-state index >= 15 is 0 Å². The van der Waals surface area contributed by atoms with Crippen molar-refractivity contribution in [1.82, 2.24) is 36.8 Å². The van der Waals surface area contributed by atoms with E-state index in [0.29, 0.717) is 0 Å². The molecule has 0 bridgehead atoms. The van der Waals surface area contributed by atoms with Crippen LogP contribution in [0, 0.1) is 10.1 Å². The molecule has 0 unspecified atom stereocenters. The van der Waals surface area contributed by atoms with E-state index in [4.69, 9.17) is 17.2 Å². The van der Waals surface area contributed by atoms with E-state index in [1.165, 1.54) is 33.8 Å². The van der Waals surface area contributed by atoms with Gasteiger partial charge in [0.1, 0.15) is 30.2 Å². The number of nitrogens with zero attached hydrogens (tertiary/aromatic N) is 2. The maximum absolute atomic E-state index is 13.7. The van der Waals surface area contributed by atoms with Crippen LogP contribution in [0.1, 0.15) is 52.5 Å². The first kappa shape index (κ1) is 52.1. The summed E-state index contributed by atoms with van der Waals surface area (Å²) in [4.78, 5) is 142. The Hall–Kier alpha value is -6.26. The fourth-order valence-corrected chi connectivity index (χ4v) is 9.13. The molecule has 2 fully saturated rings. The summed E-state index contributed by atoms with van der Waals surface area (Å²) in [6, 6.07) is -6.65. The second-order valence-corrected chi connectivity index (χ2v) is 19.3. The fourth-order valence-electron chi connectivity index (χ4n) is 6.33. The molecule has 2 heterocycles. The Balaban J connectivity index is 2.06. The fraction of sp³-hybridized carbons (Fsp3) is 0.556. The number of nitrogens with two attached hydrogens (primary N) is 3. The largest absolute Gasteiger partial charge is 0.502 e. The molecule has 2 aliphatic rings. The first-order valence-electron chi connectivity index (χ1n) is 19.2. The van der Waals surface area contributed by atoms with Crippen LogP contribution < -0.4 is 49.1 Å². The summed E-state index contributed by atoms with van der Waals surface area (Å²) >= 11 is 0. The number of benzene rings is 1. The predicted molar refractivity (Wildman–Crippen MR) is 225 cm³/mol. The number of aromatic hydroxyl groups is 1. The number of fused-ring (bicyclic) bond motifs is 1. The van der Waals surface area contributed by atoms with Crippen LogP contribution >= 0.6 is 21.6 Å². The van der Waals surface area contributed by atoms with E-state index in [2.05, 4.69) is 31.9 Å². The summed E-state index contributed by atoms with van der Waals surface area (Å²) in [6.45, 7) is 3.76. The van der Waals surface area contributed by atoms with Crippen molar-refractivity contribution in [1.29, 1.82) is 0 Å². The van der Waals surface area contributed by atoms with Gasteiger partial charge in [0.05, 0.1) is 43.0 Å². The molecule has 9 amide bonds. The Labute approximate surface area is 372 Å². The lowest BCUT2D eigenvalue weighted by atomic mass is 10.0. The lowest BCUT2D eigenvalue weighted by Crippen LogP contribution is -2.61. The third-order valence-corrected chi connectivity index (χ3v) is 14.1. The second-order valence-electron chi connectivity index (χ2n) is 15.9. The molecule has 0 spiro atoms. The van der Waals surface area contributed by atoms with E-state index in [9.17, 15) is 73.4 Å². The smallest absolute Gasteiger partial charge is 0.310 e. The summed E-state index contributed by atoms with van der Waals surface area (Å²) in [7, 11) is 1.88. The number of carbonyl (C=O) groups excluding carboxylic acids is 9. The molecule has 64 heavy (non-hydrogen) atoms. The zero-order valence-electron chi connectivity index (χ0n) is 34.9. The molecule has 352 valence electrons. The normalized spacial score (nSPS) is 26.8. The maximum atomic E-state index is 13.7. The highest BCUT2D eigenvalue weighted by atomic mass is 33.1. The van der Waals surface area contributed by atoms with Gasteiger partial charge in [-0.1, -0.05) is 27.7 Å². The maximum Gasteiger partial charge on any atom is 0.310 e. The highest BCUT2D eigenvalue weighted by Crippen LogP contribution is 2.46. The number of phenolic OH excluding ortho intramolecular Hbond substituents is 1. The number of aliphatic hydroxyl groups excluding tert-OH is 1. The number of rotatable bonds is 8. The van der Waals surface area contributed by atoms with Gasteiger partial charge >= 0.3 is 11.7 Å². The minimum atomic E-state index is -1.80. The predicted octanol–water partition coefficient (Wildman–Crippen LogP) is -4.91. The van der Waals surface area contributed by atoms with Crippen LogP contribution in [-0.4, -0.2) is 156 Å². The number of carboxylic acids is 1. The van der Waals surface area contributed by atoms with Crippen LogP contribution in [0.25, 0.3) is 0 Å². The van der Waals surface area contributed by atoms with E-state index < -0.39 is 166 Å². The molecule has 0 radical (unpaired) electrons. The first-order valence-corrected chi connectivity index (χ1v) is 21.4.